The van der Waals surface area contributed by atoms with Gasteiger partial charge in [0.1, 0.15) is 0 Å². The fourth-order valence-corrected chi connectivity index (χ4v) is 4.31. The van der Waals surface area contributed by atoms with Crippen molar-refractivity contribution in [3.63, 3.8) is 0 Å². The van der Waals surface area contributed by atoms with Gasteiger partial charge in [0, 0.05) is 56.0 Å². The molecule has 0 unspecified atom stereocenters. The number of aliphatic hydroxyl groups is 1. The minimum atomic E-state index is -0.687. The molecule has 4 rings (SSSR count). The average Bonchev–Trinajstić information content (AvgIpc) is 2.62. The Morgan fingerprint density at radius 3 is 2.65 bits per heavy atom. The second-order valence-electron chi connectivity index (χ2n) is 7.28. The highest BCUT2D eigenvalue weighted by atomic mass is 16.6. The van der Waals surface area contributed by atoms with E-state index in [1.165, 1.54) is 12.1 Å². The van der Waals surface area contributed by atoms with Crippen LogP contribution in [0.25, 0.3) is 0 Å². The summed E-state index contributed by atoms with van der Waals surface area (Å²) in [5.74, 6) is 0.714. The van der Waals surface area contributed by atoms with E-state index >= 15 is 0 Å². The summed E-state index contributed by atoms with van der Waals surface area (Å²) in [5.41, 5.74) is 1.86. The van der Waals surface area contributed by atoms with E-state index in [0.29, 0.717) is 23.9 Å². The first-order chi connectivity index (χ1) is 12.5. The van der Waals surface area contributed by atoms with Crippen molar-refractivity contribution in [1.82, 2.24) is 9.47 Å². The number of piperidine rings is 1. The van der Waals surface area contributed by atoms with Crippen molar-refractivity contribution in [3.05, 3.63) is 74.2 Å². The number of fused-ring (bicyclic) bond motifs is 4. The molecule has 136 valence electrons. The maximum absolute atomic E-state index is 12.1. The van der Waals surface area contributed by atoms with Gasteiger partial charge in [-0.05, 0) is 36.1 Å². The largest absolute Gasteiger partial charge is 0.387 e. The lowest BCUT2D eigenvalue weighted by molar-refractivity contribution is -0.384. The zero-order chi connectivity index (χ0) is 18.3. The van der Waals surface area contributed by atoms with Crippen molar-refractivity contribution in [2.45, 2.75) is 25.0 Å². The van der Waals surface area contributed by atoms with Gasteiger partial charge in [-0.2, -0.15) is 0 Å². The Hall–Kier alpha value is -2.51. The van der Waals surface area contributed by atoms with Gasteiger partial charge in [0.25, 0.3) is 11.2 Å². The lowest BCUT2D eigenvalue weighted by Crippen LogP contribution is -2.48. The predicted octanol–water partition coefficient (Wildman–Crippen LogP) is 1.91. The van der Waals surface area contributed by atoms with Gasteiger partial charge < -0.3 is 9.67 Å². The fraction of sp³-hybridized carbons (Fsp3) is 0.421. The van der Waals surface area contributed by atoms with Crippen molar-refractivity contribution in [2.75, 3.05) is 19.6 Å². The number of pyridine rings is 1. The van der Waals surface area contributed by atoms with E-state index in [1.807, 2.05) is 16.7 Å². The Balaban J connectivity index is 1.47. The molecule has 1 aromatic heterocycles. The van der Waals surface area contributed by atoms with E-state index in [-0.39, 0.29) is 11.2 Å². The lowest BCUT2D eigenvalue weighted by atomic mass is 9.83. The van der Waals surface area contributed by atoms with Crippen LogP contribution in [0.2, 0.25) is 0 Å². The molecule has 2 aliphatic heterocycles. The number of rotatable bonds is 4. The minimum absolute atomic E-state index is 0.0236. The van der Waals surface area contributed by atoms with E-state index in [9.17, 15) is 20.0 Å². The molecule has 2 aliphatic rings. The summed E-state index contributed by atoms with van der Waals surface area (Å²) in [4.78, 5) is 24.6. The number of nitro groups is 1. The quantitative estimate of drug-likeness (QED) is 0.668. The molecule has 2 bridgehead atoms. The first-order valence-electron chi connectivity index (χ1n) is 8.86. The highest BCUT2D eigenvalue weighted by Gasteiger charge is 2.35. The maximum atomic E-state index is 12.1. The van der Waals surface area contributed by atoms with Crippen molar-refractivity contribution in [1.29, 1.82) is 0 Å². The Kier molecular flexibility index (Phi) is 4.34. The lowest BCUT2D eigenvalue weighted by Gasteiger charge is -2.43. The zero-order valence-electron chi connectivity index (χ0n) is 14.3. The number of benzene rings is 1. The Morgan fingerprint density at radius 1 is 1.15 bits per heavy atom. The molecule has 1 aromatic carbocycles. The first-order valence-corrected chi connectivity index (χ1v) is 8.86. The zero-order valence-corrected chi connectivity index (χ0v) is 14.3. The molecule has 7 heteroatoms. The van der Waals surface area contributed by atoms with Gasteiger partial charge in [-0.3, -0.25) is 19.8 Å². The highest BCUT2D eigenvalue weighted by Crippen LogP contribution is 2.35. The fourth-order valence-electron chi connectivity index (χ4n) is 4.31. The van der Waals surface area contributed by atoms with Crippen LogP contribution in [-0.2, 0) is 6.54 Å². The molecule has 3 atom stereocenters. The topological polar surface area (TPSA) is 88.6 Å². The number of nitro benzene ring substituents is 1. The molecular weight excluding hydrogens is 334 g/mol. The summed E-state index contributed by atoms with van der Waals surface area (Å²) in [7, 11) is 0. The number of non-ortho nitro benzene ring substituents is 1. The van der Waals surface area contributed by atoms with Crippen LogP contribution in [0.5, 0.6) is 0 Å². The van der Waals surface area contributed by atoms with Crippen molar-refractivity contribution in [3.8, 4) is 0 Å². The van der Waals surface area contributed by atoms with E-state index in [2.05, 4.69) is 4.90 Å². The van der Waals surface area contributed by atoms with Gasteiger partial charge in [-0.25, -0.2) is 0 Å². The Labute approximate surface area is 150 Å². The van der Waals surface area contributed by atoms with Crippen molar-refractivity contribution < 1.29 is 10.0 Å². The maximum Gasteiger partial charge on any atom is 0.269 e. The van der Waals surface area contributed by atoms with Crippen LogP contribution in [0.4, 0.5) is 5.69 Å². The summed E-state index contributed by atoms with van der Waals surface area (Å²) < 4.78 is 1.89. The van der Waals surface area contributed by atoms with E-state index in [1.54, 1.807) is 18.2 Å². The number of aromatic nitrogens is 1. The smallest absolute Gasteiger partial charge is 0.269 e. The number of hydrogen-bond acceptors (Lipinski definition) is 5. The van der Waals surface area contributed by atoms with Crippen LogP contribution in [0.3, 0.4) is 0 Å². The summed E-state index contributed by atoms with van der Waals surface area (Å²) in [5, 5.41) is 21.3. The van der Waals surface area contributed by atoms with Crippen LogP contribution in [0.1, 0.15) is 29.7 Å². The average molecular weight is 355 g/mol. The van der Waals surface area contributed by atoms with Crippen LogP contribution < -0.4 is 5.56 Å². The molecule has 26 heavy (non-hydrogen) atoms. The summed E-state index contributed by atoms with van der Waals surface area (Å²) in [6, 6.07) is 11.5. The molecule has 0 saturated carbocycles. The molecule has 2 aromatic rings. The first kappa shape index (κ1) is 16.9. The van der Waals surface area contributed by atoms with Gasteiger partial charge in [0.2, 0.25) is 0 Å². The third-order valence-corrected chi connectivity index (χ3v) is 5.48. The molecular formula is C19H21N3O4. The van der Waals surface area contributed by atoms with Crippen LogP contribution in [0.15, 0.2) is 47.3 Å². The molecule has 3 heterocycles. The predicted molar refractivity (Wildman–Crippen MR) is 96.0 cm³/mol. The molecule has 1 N–H and O–H groups in total. The number of likely N-dealkylation sites (tertiary alicyclic amines) is 1. The second-order valence-corrected chi connectivity index (χ2v) is 7.28. The van der Waals surface area contributed by atoms with Crippen LogP contribution in [0, 0.1) is 16.0 Å². The standard InChI is InChI=1S/C19H21N3O4/c23-18(14-4-6-16(7-5-14)22(25)26)12-20-9-13-8-15(11-20)17-2-1-3-19(24)21(17)10-13/h1-7,13,15,18,23H,8-12H2/t13-,15-,18-/m1/s1. The van der Waals surface area contributed by atoms with Gasteiger partial charge >= 0.3 is 0 Å². The number of hydrogen-bond donors (Lipinski definition) is 1. The molecule has 1 fully saturated rings. The SMILES string of the molecule is O=c1cccc2n1C[C@@H]1C[C@@H]2CN(C[C@@H](O)c2ccc([N+](=O)[O-])cc2)C1. The highest BCUT2D eigenvalue weighted by molar-refractivity contribution is 5.33. The number of aliphatic hydroxyl groups excluding tert-OH is 1. The third kappa shape index (κ3) is 3.15. The molecule has 0 radical (unpaired) electrons. The summed E-state index contributed by atoms with van der Waals surface area (Å²) >= 11 is 0. The summed E-state index contributed by atoms with van der Waals surface area (Å²) in [6.45, 7) is 2.88. The Bertz CT molecular complexity index is 877. The van der Waals surface area contributed by atoms with Crippen molar-refractivity contribution >= 4 is 5.69 Å². The molecule has 7 nitrogen and oxygen atoms in total. The van der Waals surface area contributed by atoms with E-state index in [4.69, 9.17) is 0 Å². The molecule has 1 saturated heterocycles. The van der Waals surface area contributed by atoms with E-state index in [0.717, 1.165) is 31.7 Å². The molecule has 0 aliphatic carbocycles. The summed E-state index contributed by atoms with van der Waals surface area (Å²) in [6.07, 6.45) is 0.390. The van der Waals surface area contributed by atoms with Crippen LogP contribution >= 0.6 is 0 Å². The van der Waals surface area contributed by atoms with Gasteiger partial charge in [-0.1, -0.05) is 6.07 Å². The van der Waals surface area contributed by atoms with Crippen molar-refractivity contribution in [2.24, 2.45) is 5.92 Å². The van der Waals surface area contributed by atoms with Gasteiger partial charge in [0.05, 0.1) is 11.0 Å². The third-order valence-electron chi connectivity index (χ3n) is 5.48. The van der Waals surface area contributed by atoms with Crippen LogP contribution in [-0.4, -0.2) is 39.1 Å². The Morgan fingerprint density at radius 2 is 1.92 bits per heavy atom. The molecule has 0 spiro atoms. The molecule has 0 amide bonds. The minimum Gasteiger partial charge on any atom is -0.387 e. The normalized spacial score (nSPS) is 23.3. The second kappa shape index (κ2) is 6.66. The van der Waals surface area contributed by atoms with Gasteiger partial charge in [0.15, 0.2) is 0 Å². The number of β-amino-alcohol motifs (C(OH)–C–C–N with tert-alkyl or cyclic N) is 1. The monoisotopic (exact) mass is 355 g/mol. The van der Waals surface area contributed by atoms with Gasteiger partial charge in [-0.15, -0.1) is 0 Å². The number of nitrogens with zero attached hydrogens (tertiary/aromatic N) is 3. The van der Waals surface area contributed by atoms with E-state index < -0.39 is 11.0 Å².